The van der Waals surface area contributed by atoms with Crippen molar-refractivity contribution in [1.82, 2.24) is 4.90 Å². The first-order chi connectivity index (χ1) is 6.61. The van der Waals surface area contributed by atoms with Crippen LogP contribution < -0.4 is 0 Å². The van der Waals surface area contributed by atoms with Gasteiger partial charge in [0.25, 0.3) is 0 Å². The second-order valence-electron chi connectivity index (χ2n) is 5.27. The Morgan fingerprint density at radius 3 is 2.50 bits per heavy atom. The Balaban J connectivity index is 2.16. The Morgan fingerprint density at radius 2 is 1.86 bits per heavy atom. The van der Waals surface area contributed by atoms with E-state index in [2.05, 4.69) is 25.7 Å². The van der Waals surface area contributed by atoms with Gasteiger partial charge < -0.3 is 4.90 Å². The summed E-state index contributed by atoms with van der Waals surface area (Å²) in [6.07, 6.45) is 4.79. The van der Waals surface area contributed by atoms with Crippen LogP contribution >= 0.6 is 0 Å². The topological polar surface area (TPSA) is 20.3 Å². The maximum atomic E-state index is 12.0. The van der Waals surface area contributed by atoms with E-state index in [0.29, 0.717) is 23.9 Å². The minimum absolute atomic E-state index is 0.269. The lowest BCUT2D eigenvalue weighted by molar-refractivity contribution is -0.142. The van der Waals surface area contributed by atoms with Crippen molar-refractivity contribution in [3.63, 3.8) is 0 Å². The van der Waals surface area contributed by atoms with Crippen LogP contribution in [-0.2, 0) is 4.79 Å². The van der Waals surface area contributed by atoms with Crippen LogP contribution in [0.4, 0.5) is 0 Å². The molecule has 0 N–H and O–H groups in total. The molecule has 2 aliphatic rings. The molecule has 2 saturated heterocycles. The molecule has 3 atom stereocenters. The molecular formula is C12H21NO. The zero-order chi connectivity index (χ0) is 10.3. The Kier molecular flexibility index (Phi) is 2.54. The number of hydrogen-bond donors (Lipinski definition) is 0. The molecule has 14 heavy (non-hydrogen) atoms. The highest BCUT2D eigenvalue weighted by molar-refractivity contribution is 5.80. The van der Waals surface area contributed by atoms with Crippen LogP contribution in [0.1, 0.15) is 46.5 Å². The van der Waals surface area contributed by atoms with Crippen LogP contribution in [0.2, 0.25) is 0 Å². The van der Waals surface area contributed by atoms with E-state index in [1.54, 1.807) is 0 Å². The van der Waals surface area contributed by atoms with Crippen molar-refractivity contribution in [2.45, 2.75) is 58.5 Å². The van der Waals surface area contributed by atoms with Crippen molar-refractivity contribution in [2.24, 2.45) is 11.8 Å². The number of carbonyl (C=O) groups excluding carboxylic acids is 1. The molecule has 0 saturated carbocycles. The molecule has 2 rings (SSSR count). The molecule has 80 valence electrons. The smallest absolute Gasteiger partial charge is 0.225 e. The summed E-state index contributed by atoms with van der Waals surface area (Å²) >= 11 is 0. The van der Waals surface area contributed by atoms with Crippen LogP contribution in [-0.4, -0.2) is 22.9 Å². The van der Waals surface area contributed by atoms with E-state index < -0.39 is 0 Å². The third-order valence-corrected chi connectivity index (χ3v) is 3.92. The zero-order valence-electron chi connectivity index (χ0n) is 9.49. The van der Waals surface area contributed by atoms with Gasteiger partial charge in [0, 0.05) is 18.0 Å². The first-order valence-electron chi connectivity index (χ1n) is 5.93. The summed E-state index contributed by atoms with van der Waals surface area (Å²) in [4.78, 5) is 14.3. The monoisotopic (exact) mass is 195 g/mol. The highest BCUT2D eigenvalue weighted by Gasteiger charge is 2.42. The van der Waals surface area contributed by atoms with Crippen molar-refractivity contribution in [3.05, 3.63) is 0 Å². The highest BCUT2D eigenvalue weighted by Crippen LogP contribution is 2.37. The maximum Gasteiger partial charge on any atom is 0.225 e. The van der Waals surface area contributed by atoms with Crippen LogP contribution in [0.15, 0.2) is 0 Å². The molecule has 2 fully saturated rings. The number of nitrogens with zero attached hydrogens (tertiary/aromatic N) is 1. The number of fused-ring (bicyclic) bond motifs is 1. The molecule has 0 unspecified atom stereocenters. The van der Waals surface area contributed by atoms with Crippen molar-refractivity contribution < 1.29 is 4.79 Å². The Bertz CT molecular complexity index is 236. The van der Waals surface area contributed by atoms with E-state index >= 15 is 0 Å². The number of rotatable bonds is 1. The molecule has 0 aromatic carbocycles. The van der Waals surface area contributed by atoms with Crippen LogP contribution in [0.5, 0.6) is 0 Å². The summed E-state index contributed by atoms with van der Waals surface area (Å²) < 4.78 is 0. The van der Waals surface area contributed by atoms with Gasteiger partial charge in [0.05, 0.1) is 0 Å². The molecule has 0 aliphatic carbocycles. The second-order valence-corrected chi connectivity index (χ2v) is 5.27. The molecule has 2 heterocycles. The summed E-state index contributed by atoms with van der Waals surface area (Å²) in [5.41, 5.74) is 0. The van der Waals surface area contributed by atoms with Gasteiger partial charge in [0.2, 0.25) is 5.91 Å². The number of carbonyl (C=O) groups is 1. The second kappa shape index (κ2) is 3.56. The lowest BCUT2D eigenvalue weighted by atomic mass is 9.93. The molecule has 0 spiro atoms. The van der Waals surface area contributed by atoms with Crippen molar-refractivity contribution in [3.8, 4) is 0 Å². The number of amides is 1. The lowest BCUT2D eigenvalue weighted by Gasteiger charge is -2.38. The van der Waals surface area contributed by atoms with Crippen molar-refractivity contribution in [2.75, 3.05) is 0 Å². The number of piperidine rings is 1. The summed E-state index contributed by atoms with van der Waals surface area (Å²) in [5.74, 6) is 1.30. The van der Waals surface area contributed by atoms with Gasteiger partial charge >= 0.3 is 0 Å². The lowest BCUT2D eigenvalue weighted by Crippen LogP contribution is -2.49. The third kappa shape index (κ3) is 1.45. The predicted molar refractivity (Wildman–Crippen MR) is 56.9 cm³/mol. The van der Waals surface area contributed by atoms with Gasteiger partial charge in [-0.2, -0.15) is 0 Å². The minimum Gasteiger partial charge on any atom is -0.336 e. The summed E-state index contributed by atoms with van der Waals surface area (Å²) in [7, 11) is 0. The van der Waals surface area contributed by atoms with Gasteiger partial charge in [-0.3, -0.25) is 4.79 Å². The van der Waals surface area contributed by atoms with Crippen molar-refractivity contribution in [1.29, 1.82) is 0 Å². The van der Waals surface area contributed by atoms with E-state index in [0.717, 1.165) is 6.42 Å². The van der Waals surface area contributed by atoms with Gasteiger partial charge in [-0.15, -0.1) is 0 Å². The molecule has 1 amide bonds. The average molecular weight is 195 g/mol. The Hall–Kier alpha value is -0.530. The van der Waals surface area contributed by atoms with Gasteiger partial charge in [-0.05, 0) is 31.6 Å². The molecular weight excluding hydrogens is 174 g/mol. The fraction of sp³-hybridized carbons (Fsp3) is 0.917. The minimum atomic E-state index is 0.269. The Labute approximate surface area is 86.7 Å². The van der Waals surface area contributed by atoms with E-state index in [-0.39, 0.29) is 5.92 Å². The maximum absolute atomic E-state index is 12.0. The average Bonchev–Trinajstić information content (AvgIpc) is 2.55. The quantitative estimate of drug-likeness (QED) is 0.629. The standard InChI is InChI=1S/C12H21NO/c1-8(2)11-7-6-10-5-4-9(3)12(14)13(10)11/h8-11H,4-7H2,1-3H3/t9-,10-,11-/m0/s1. The first kappa shape index (κ1) is 10.0. The van der Waals surface area contributed by atoms with Crippen LogP contribution in [0.25, 0.3) is 0 Å². The Morgan fingerprint density at radius 1 is 1.21 bits per heavy atom. The zero-order valence-corrected chi connectivity index (χ0v) is 9.49. The number of hydrogen-bond acceptors (Lipinski definition) is 1. The van der Waals surface area contributed by atoms with Crippen LogP contribution in [0.3, 0.4) is 0 Å². The van der Waals surface area contributed by atoms with Gasteiger partial charge in [-0.1, -0.05) is 20.8 Å². The fourth-order valence-electron chi connectivity index (χ4n) is 3.01. The van der Waals surface area contributed by atoms with E-state index in [1.165, 1.54) is 19.3 Å². The van der Waals surface area contributed by atoms with E-state index in [1.807, 2.05) is 0 Å². The SMILES string of the molecule is CC(C)[C@@H]1CC[C@@H]2CC[C@H](C)C(=O)N21. The highest BCUT2D eigenvalue weighted by atomic mass is 16.2. The van der Waals surface area contributed by atoms with Crippen LogP contribution in [0, 0.1) is 11.8 Å². The fourth-order valence-corrected chi connectivity index (χ4v) is 3.01. The van der Waals surface area contributed by atoms with E-state index in [9.17, 15) is 4.79 Å². The van der Waals surface area contributed by atoms with Gasteiger partial charge in [-0.25, -0.2) is 0 Å². The molecule has 2 aliphatic heterocycles. The molecule has 2 nitrogen and oxygen atoms in total. The molecule has 0 bridgehead atoms. The molecule has 2 heteroatoms. The molecule has 0 radical (unpaired) electrons. The molecule has 0 aromatic rings. The van der Waals surface area contributed by atoms with E-state index in [4.69, 9.17) is 0 Å². The summed E-state index contributed by atoms with van der Waals surface area (Å²) in [6.45, 7) is 6.55. The largest absolute Gasteiger partial charge is 0.336 e. The normalized spacial score (nSPS) is 37.9. The van der Waals surface area contributed by atoms with Crippen molar-refractivity contribution >= 4 is 5.91 Å². The summed E-state index contributed by atoms with van der Waals surface area (Å²) in [6, 6.07) is 1.10. The van der Waals surface area contributed by atoms with Gasteiger partial charge in [0.15, 0.2) is 0 Å². The van der Waals surface area contributed by atoms with Gasteiger partial charge in [0.1, 0.15) is 0 Å². The molecule has 0 aromatic heterocycles. The third-order valence-electron chi connectivity index (χ3n) is 3.92. The first-order valence-corrected chi connectivity index (χ1v) is 5.93. The summed E-state index contributed by atoms with van der Waals surface area (Å²) in [5, 5.41) is 0. The predicted octanol–water partition coefficient (Wildman–Crippen LogP) is 2.43.